The lowest BCUT2D eigenvalue weighted by Crippen LogP contribution is -2.74. The van der Waals surface area contributed by atoms with E-state index in [-0.39, 0.29) is 147 Å². The Morgan fingerprint density at radius 3 is 1.27 bits per heavy atom. The molecule has 3 aromatic carbocycles. The summed E-state index contributed by atoms with van der Waals surface area (Å²) in [6, 6.07) is 9.04. The topological polar surface area (TPSA) is 506 Å². The lowest BCUT2D eigenvalue weighted by atomic mass is 9.50. The number of carbonyl (C=O) groups is 12. The highest BCUT2D eigenvalue weighted by molar-refractivity contribution is 6.40. The number of alkyl halides is 2. The first-order valence-electron chi connectivity index (χ1n) is 46.5. The number of hydrogen-bond acceptors (Lipinski definition) is 34. The number of ether oxygens (including phenoxy) is 10. The first-order chi connectivity index (χ1) is 64.1. The molecule has 16 aliphatic rings. The van der Waals surface area contributed by atoms with Crippen molar-refractivity contribution in [1.82, 2.24) is 40.6 Å². The molecule has 3 aromatic rings. The number of phenols is 3. The lowest BCUT2D eigenvalue weighted by Gasteiger charge is -2.61. The summed E-state index contributed by atoms with van der Waals surface area (Å²) in [4.78, 5) is 159. The van der Waals surface area contributed by atoms with Crippen LogP contribution in [0.25, 0.3) is 0 Å². The molecule has 9 aliphatic heterocycles. The summed E-state index contributed by atoms with van der Waals surface area (Å²) < 4.78 is 57.1. The molecular formula is C95H121Cl2N9O29. The molecule has 7 fully saturated rings. The lowest BCUT2D eigenvalue weighted by molar-refractivity contribution is -0.200. The largest absolute Gasteiger partial charge is 0.504 e. The van der Waals surface area contributed by atoms with E-state index in [2.05, 4.69) is 30.7 Å². The number of likely N-dealkylation sites (N-methyl/N-ethyl adjacent to an activating group) is 3. The standard InChI is InChI=1S/C33H43N3O10.C28H35N3O8.C23H28N2O7.C10H13NO4.CH2Cl2/c1-18(43-24(38)11-14-34-28(39)20-7-6-15-36(20)30(41)46-31(2,3)4)29(40)44-22-10-12-33(42)23-17-19-8-9-21(37)26-25(19)32(33,27(22)45-26)13-16-35(23)5;1-15(37-21(33)8-12-30-25(34)17-4-3-11-29-17)26(35)38-19-7-9-28(36)20-14-16-5-6-18(32)23-22(16)27(28,24(19)39-23)10-13-31(20)2;1-12(30-17(27)6-9-24)21(28)31-15-5-7-23(29)16-11-13-3-4-14(26)19-18(13)22(23,20(15)32-19)8-10-25(16)2;12-8-5-6-9(13)11(8)15-10(14)7-3-1-2-4-7;2-1-3/h8-10,18,20,23,27,37,42H,6-7,11-17H2,1-5H3,(H,34,39);5-7,15,17,20,24,29,32,36H,3-4,8-14H2,1-2H3,(H,30,34);3-5,12,16,20,26,29H,6-11,24H2,1-2H3;7H,1-6H2;1H2/t18-,20?,23+,27-,32-,33+;15-,17-,20+,24-,27-,28+;12-,16+,20-,22-,23+;;/m000../s1. The number of phenolic OH excluding ortho intramolecular Hbond substituents is 3. The third-order valence-corrected chi connectivity index (χ3v) is 29.7. The smallest absolute Gasteiger partial charge is 0.410 e. The van der Waals surface area contributed by atoms with Gasteiger partial charge in [-0.25, -0.2) is 24.0 Å². The highest BCUT2D eigenvalue weighted by Crippen LogP contribution is 2.69. The van der Waals surface area contributed by atoms with Gasteiger partial charge in [-0.3, -0.25) is 38.5 Å². The van der Waals surface area contributed by atoms with Crippen molar-refractivity contribution in [3.63, 3.8) is 0 Å². The minimum absolute atomic E-state index is 0.00186. The van der Waals surface area contributed by atoms with E-state index in [0.29, 0.717) is 93.3 Å². The molecule has 6 bridgehead atoms. The maximum atomic E-state index is 13.2. The van der Waals surface area contributed by atoms with Gasteiger partial charge in [0, 0.05) is 93.1 Å². The van der Waals surface area contributed by atoms with Crippen LogP contribution < -0.4 is 35.9 Å². The van der Waals surface area contributed by atoms with E-state index in [9.17, 15) is 88.2 Å². The molecule has 9 heterocycles. The van der Waals surface area contributed by atoms with E-state index in [0.717, 1.165) is 85.0 Å². The van der Waals surface area contributed by atoms with Crippen molar-refractivity contribution in [3.8, 4) is 34.5 Å². The molecule has 7 aliphatic carbocycles. The Labute approximate surface area is 790 Å². The Kier molecular flexibility index (Phi) is 28.8. The SMILES string of the molecule is C[C@H](OC(=O)CCN)C(=O)OC1=CC[C@@]2(O)[C@H]3Cc4ccc(O)c5c4[C@@]2(CCN3C)[C@H]1O5.C[C@H](OC(=O)CCNC(=O)C1CCCN1C(=O)OC(C)(C)C)C(=O)OC1=CC[C@@]2(O)[C@H]3Cc4ccc(O)c5c4[C@@]2(CCN3C)[C@H]1O5.C[C@H](OC(=O)CCNC(=O)[C@@H]1CCCN1)C(=O)OC1=CC[C@@]2(O)[C@H]3Cc4ccc(O)c5c4[C@@]2(CCN3C)[C@H]1O5.ClCCl.O=C(ON1C(=O)CCC1=O)C1CCCC1. The second-order valence-corrected chi connectivity index (χ2v) is 39.5. The number of rotatable bonds is 21. The van der Waals surface area contributed by atoms with Crippen molar-refractivity contribution in [2.75, 3.05) is 78.8 Å². The number of amides is 5. The number of aromatic hydroxyl groups is 3. The van der Waals surface area contributed by atoms with Crippen LogP contribution in [0.4, 0.5) is 4.79 Å². The van der Waals surface area contributed by atoms with Crippen LogP contribution in [-0.2, 0) is 126 Å². The number of hydrogen-bond donors (Lipinski definition) is 10. The predicted molar refractivity (Wildman–Crippen MR) is 476 cm³/mol. The fourth-order valence-electron chi connectivity index (χ4n) is 23.2. The predicted octanol–water partition coefficient (Wildman–Crippen LogP) is 5.15. The monoisotopic (exact) mass is 1920 g/mol. The number of hydroxylamine groups is 2. The number of nitrogens with zero attached hydrogens (tertiary/aromatic N) is 5. The van der Waals surface area contributed by atoms with Gasteiger partial charge in [-0.2, -0.15) is 0 Å². The Morgan fingerprint density at radius 2 is 0.911 bits per heavy atom. The second-order valence-electron chi connectivity index (χ2n) is 38.6. The Bertz CT molecular complexity index is 5270. The molecule has 19 rings (SSSR count). The average Bonchev–Trinajstić information content (AvgIpc) is 1.54. The van der Waals surface area contributed by atoms with Crippen LogP contribution in [0.5, 0.6) is 34.5 Å². The van der Waals surface area contributed by atoms with Crippen LogP contribution in [0.15, 0.2) is 71.9 Å². The number of likely N-dealkylation sites (tertiary alicyclic amines) is 4. The average molecular weight is 1920 g/mol. The van der Waals surface area contributed by atoms with Gasteiger partial charge in [-0.15, -0.1) is 28.3 Å². The van der Waals surface area contributed by atoms with E-state index in [1.54, 1.807) is 57.2 Å². The van der Waals surface area contributed by atoms with Crippen LogP contribution in [0.1, 0.15) is 197 Å². The first kappa shape index (κ1) is 99.1. The van der Waals surface area contributed by atoms with Crippen molar-refractivity contribution in [2.24, 2.45) is 11.7 Å². The Morgan fingerprint density at radius 1 is 0.533 bits per heavy atom. The summed E-state index contributed by atoms with van der Waals surface area (Å²) in [6.45, 7) is 13.1. The van der Waals surface area contributed by atoms with Crippen molar-refractivity contribution in [1.29, 1.82) is 0 Å². The molecule has 1 saturated carbocycles. The normalized spacial score (nSPS) is 30.2. The summed E-state index contributed by atoms with van der Waals surface area (Å²) in [5, 5.41) is 77.6. The maximum absolute atomic E-state index is 13.2. The number of aliphatic hydroxyl groups is 3. The number of esters is 6. The van der Waals surface area contributed by atoms with E-state index in [1.807, 2.05) is 39.3 Å². The number of halogens is 2. The van der Waals surface area contributed by atoms with E-state index >= 15 is 0 Å². The molecule has 135 heavy (non-hydrogen) atoms. The Hall–Kier alpha value is -10.4. The molecule has 3 spiro atoms. The van der Waals surface area contributed by atoms with Gasteiger partial charge in [0.05, 0.1) is 69.6 Å². The van der Waals surface area contributed by atoms with Crippen LogP contribution in [0.2, 0.25) is 0 Å². The first-order valence-corrected chi connectivity index (χ1v) is 47.6. The zero-order valence-corrected chi connectivity index (χ0v) is 78.7. The van der Waals surface area contributed by atoms with Gasteiger partial charge in [0.2, 0.25) is 11.8 Å². The van der Waals surface area contributed by atoms with Gasteiger partial charge < -0.3 is 119 Å². The van der Waals surface area contributed by atoms with Gasteiger partial charge in [0.15, 0.2) is 71.1 Å². The number of benzene rings is 3. The van der Waals surface area contributed by atoms with E-state index in [1.165, 1.54) is 25.7 Å². The molecule has 38 nitrogen and oxygen atoms in total. The van der Waals surface area contributed by atoms with Crippen LogP contribution in [-0.4, -0.2) is 295 Å². The highest BCUT2D eigenvalue weighted by atomic mass is 35.5. The van der Waals surface area contributed by atoms with E-state index in [4.69, 9.17) is 81.1 Å². The van der Waals surface area contributed by atoms with E-state index < -0.39 is 147 Å². The van der Waals surface area contributed by atoms with Crippen molar-refractivity contribution >= 4 is 94.7 Å². The number of nitrogens with one attached hydrogen (secondary N) is 3. The second kappa shape index (κ2) is 39.2. The zero-order chi connectivity index (χ0) is 97.1. The minimum Gasteiger partial charge on any atom is -0.504 e. The third-order valence-electron chi connectivity index (χ3n) is 29.7. The maximum Gasteiger partial charge on any atom is 0.410 e. The molecule has 1 unspecified atom stereocenters. The summed E-state index contributed by atoms with van der Waals surface area (Å²) in [5.41, 5.74) is 3.97. The van der Waals surface area contributed by atoms with Crippen molar-refractivity contribution < 1.29 is 140 Å². The summed E-state index contributed by atoms with van der Waals surface area (Å²) >= 11 is 9.53. The van der Waals surface area contributed by atoms with Crippen LogP contribution >= 0.6 is 23.2 Å². The van der Waals surface area contributed by atoms with Gasteiger partial charge in [0.1, 0.15) is 28.9 Å². The Balaban J connectivity index is 0.000000142. The fraction of sp³-hybridized carbons (Fsp3) is 0.621. The number of imide groups is 1. The molecular weight excluding hydrogens is 1800 g/mol. The highest BCUT2D eigenvalue weighted by Gasteiger charge is 2.76. The third kappa shape index (κ3) is 18.0. The molecule has 6 saturated heterocycles. The molecule has 0 aromatic heterocycles. The van der Waals surface area contributed by atoms with Gasteiger partial charge in [-0.05, 0) is 219 Å². The zero-order valence-electron chi connectivity index (χ0n) is 77.2. The molecule has 0 radical (unpaired) electrons. The molecule has 734 valence electrons. The van der Waals surface area contributed by atoms with Crippen molar-refractivity contribution in [2.45, 2.75) is 288 Å². The summed E-state index contributed by atoms with van der Waals surface area (Å²) in [5.74, 6) is -4.49. The van der Waals surface area contributed by atoms with Crippen LogP contribution in [0, 0.1) is 5.92 Å². The number of nitrogens with two attached hydrogens (primary N) is 1. The minimum atomic E-state index is -1.26. The van der Waals surface area contributed by atoms with Gasteiger partial charge in [-0.1, -0.05) is 31.0 Å². The van der Waals surface area contributed by atoms with Crippen molar-refractivity contribution in [3.05, 3.63) is 105 Å². The fourth-order valence-corrected chi connectivity index (χ4v) is 23.2. The number of carbonyl (C=O) groups excluding carboxylic acids is 12. The molecule has 40 heteroatoms. The molecule has 11 N–H and O–H groups in total. The number of piperidine rings is 3. The quantitative estimate of drug-likeness (QED) is 0.0285. The van der Waals surface area contributed by atoms with Gasteiger partial charge in [0.25, 0.3) is 11.8 Å². The summed E-state index contributed by atoms with van der Waals surface area (Å²) in [7, 11) is 5.99. The molecule has 17 atom stereocenters. The van der Waals surface area contributed by atoms with Crippen LogP contribution in [0.3, 0.4) is 0 Å². The summed E-state index contributed by atoms with van der Waals surface area (Å²) in [6.07, 6.45) is 9.32. The molecule has 5 amide bonds. The van der Waals surface area contributed by atoms with Gasteiger partial charge >= 0.3 is 47.9 Å².